The quantitative estimate of drug-likeness (QED) is 0.133. The van der Waals surface area contributed by atoms with Crippen molar-refractivity contribution in [3.8, 4) is 33.9 Å². The Hall–Kier alpha value is -7.17. The summed E-state index contributed by atoms with van der Waals surface area (Å²) in [5.74, 6) is 1.40. The molecule has 1 atom stereocenters. The Morgan fingerprint density at radius 3 is 2.24 bits per heavy atom. The summed E-state index contributed by atoms with van der Waals surface area (Å²) >= 11 is 0. The van der Waals surface area contributed by atoms with Crippen LogP contribution in [-0.2, 0) is 0 Å². The van der Waals surface area contributed by atoms with Crippen LogP contribution in [0.2, 0.25) is 0 Å². The van der Waals surface area contributed by atoms with E-state index in [1.807, 2.05) is 32.2 Å². The Kier molecular flexibility index (Phi) is 11.6. The van der Waals surface area contributed by atoms with Crippen molar-refractivity contribution in [3.05, 3.63) is 199 Å². The van der Waals surface area contributed by atoms with Crippen LogP contribution in [-0.4, -0.2) is 18.7 Å². The maximum Gasteiger partial charge on any atom is 0.137 e. The highest BCUT2D eigenvalue weighted by Crippen LogP contribution is 2.47. The number of benzene rings is 4. The SMILES string of the molecule is C=C/C=C\c1c(-c2c(/C=C\C)c3ccc4c(c5ccccc5n4C4=CCC(C)C=C4)c3n2-c2ccccn2)c(C)n(-c2cccc(-c3cccc(C4=CCCC=C4)c3)c2)c1C.CC. The minimum atomic E-state index is 0.523. The van der Waals surface area contributed by atoms with Crippen molar-refractivity contribution >= 4 is 56.1 Å². The molecule has 0 amide bonds. The Labute approximate surface area is 372 Å². The first-order valence-electron chi connectivity index (χ1n) is 22.6. The average molecular weight is 821 g/mol. The lowest BCUT2D eigenvalue weighted by atomic mass is 9.96. The summed E-state index contributed by atoms with van der Waals surface area (Å²) in [6.07, 6.45) is 29.6. The third-order valence-corrected chi connectivity index (χ3v) is 12.5. The van der Waals surface area contributed by atoms with Gasteiger partial charge < -0.3 is 9.13 Å². The molecule has 4 aromatic carbocycles. The van der Waals surface area contributed by atoms with E-state index in [1.54, 1.807) is 0 Å². The van der Waals surface area contributed by atoms with Crippen molar-refractivity contribution in [2.45, 2.75) is 60.8 Å². The lowest BCUT2D eigenvalue weighted by molar-refractivity contribution is 0.735. The Morgan fingerprint density at radius 2 is 1.49 bits per heavy atom. The standard InChI is InChI=1S/C57H50N4.C2H6/c1-6-8-25-47-39(4)59(46-24-17-23-44(37-46)43-22-16-21-42(36-43)41-19-10-9-11-20-41)40(5)54(47)56-48(18-7-2)49-33-34-52-55(57(49)61(56)53-28-14-15-35-58-53)50-26-12-13-27-51(50)60(52)45-31-29-38(3)30-32-45;1-2/h6-8,10,12-29,31-38H,1,9,11,30H2,2-5H3;1-2H3/b18-7-,25-8-;. The summed E-state index contributed by atoms with van der Waals surface area (Å²) in [4.78, 5) is 5.11. The Morgan fingerprint density at radius 1 is 0.698 bits per heavy atom. The number of hydrogen-bond donors (Lipinski definition) is 0. The van der Waals surface area contributed by atoms with Gasteiger partial charge in [0.25, 0.3) is 0 Å². The fourth-order valence-electron chi connectivity index (χ4n) is 9.75. The molecule has 8 aromatic rings. The summed E-state index contributed by atoms with van der Waals surface area (Å²) in [5, 5.41) is 3.62. The first kappa shape index (κ1) is 41.2. The maximum atomic E-state index is 5.11. The van der Waals surface area contributed by atoms with E-state index in [1.165, 1.54) is 55.2 Å². The minimum Gasteiger partial charge on any atom is -0.317 e. The van der Waals surface area contributed by atoms with Gasteiger partial charge >= 0.3 is 0 Å². The summed E-state index contributed by atoms with van der Waals surface area (Å²) in [7, 11) is 0. The van der Waals surface area contributed by atoms with Crippen molar-refractivity contribution in [1.82, 2.24) is 18.7 Å². The fourth-order valence-corrected chi connectivity index (χ4v) is 9.75. The first-order chi connectivity index (χ1) is 31.0. The molecule has 0 bridgehead atoms. The predicted octanol–water partition coefficient (Wildman–Crippen LogP) is 16.3. The molecule has 1 unspecified atom stereocenters. The molecule has 0 fully saturated rings. The van der Waals surface area contributed by atoms with Gasteiger partial charge in [-0.15, -0.1) is 0 Å². The molecule has 2 aliphatic rings. The molecule has 0 saturated carbocycles. The van der Waals surface area contributed by atoms with E-state index in [9.17, 15) is 0 Å². The summed E-state index contributed by atoms with van der Waals surface area (Å²) in [5.41, 5.74) is 17.7. The van der Waals surface area contributed by atoms with E-state index in [-0.39, 0.29) is 0 Å². The first-order valence-corrected chi connectivity index (χ1v) is 22.6. The number of aromatic nitrogens is 4. The second-order valence-corrected chi connectivity index (χ2v) is 16.4. The normalized spacial score (nSPS) is 15.1. The number of allylic oxidation sites excluding steroid dienone is 11. The van der Waals surface area contributed by atoms with Gasteiger partial charge in [0.15, 0.2) is 0 Å². The van der Waals surface area contributed by atoms with Crippen molar-refractivity contribution in [1.29, 1.82) is 0 Å². The number of para-hydroxylation sites is 1. The number of nitrogens with zero attached hydrogens (tertiary/aromatic N) is 4. The number of hydrogen-bond acceptors (Lipinski definition) is 1. The van der Waals surface area contributed by atoms with E-state index < -0.39 is 0 Å². The van der Waals surface area contributed by atoms with Gasteiger partial charge in [-0.1, -0.05) is 149 Å². The number of rotatable bonds is 9. The summed E-state index contributed by atoms with van der Waals surface area (Å²) < 4.78 is 7.32. The van der Waals surface area contributed by atoms with Crippen molar-refractivity contribution < 1.29 is 0 Å². The van der Waals surface area contributed by atoms with Gasteiger partial charge in [-0.3, -0.25) is 4.57 Å². The smallest absolute Gasteiger partial charge is 0.137 e. The van der Waals surface area contributed by atoms with E-state index >= 15 is 0 Å². The highest BCUT2D eigenvalue weighted by atomic mass is 15.1. The number of fused-ring (bicyclic) bond motifs is 5. The molecule has 0 saturated heterocycles. The summed E-state index contributed by atoms with van der Waals surface area (Å²) in [6, 6.07) is 37.7. The lowest BCUT2D eigenvalue weighted by Gasteiger charge is -2.15. The van der Waals surface area contributed by atoms with Crippen molar-refractivity contribution in [2.24, 2.45) is 5.92 Å². The molecule has 0 N–H and O–H groups in total. The van der Waals surface area contributed by atoms with Gasteiger partial charge in [0.05, 0.1) is 22.2 Å². The molecule has 0 radical (unpaired) electrons. The van der Waals surface area contributed by atoms with Gasteiger partial charge in [-0.05, 0) is 117 Å². The predicted molar refractivity (Wildman–Crippen MR) is 273 cm³/mol. The third kappa shape index (κ3) is 7.20. The van der Waals surface area contributed by atoms with Gasteiger partial charge in [0.1, 0.15) is 5.82 Å². The van der Waals surface area contributed by atoms with E-state index in [2.05, 4.69) is 206 Å². The number of pyridine rings is 1. The molecule has 4 heterocycles. The molecule has 312 valence electrons. The topological polar surface area (TPSA) is 27.7 Å². The third-order valence-electron chi connectivity index (χ3n) is 12.5. The van der Waals surface area contributed by atoms with Crippen LogP contribution in [0.1, 0.15) is 75.0 Å². The van der Waals surface area contributed by atoms with Gasteiger partial charge in [-0.25, -0.2) is 4.98 Å². The largest absolute Gasteiger partial charge is 0.317 e. The summed E-state index contributed by atoms with van der Waals surface area (Å²) in [6.45, 7) is 17.0. The van der Waals surface area contributed by atoms with Gasteiger partial charge in [0.2, 0.25) is 0 Å². The van der Waals surface area contributed by atoms with E-state index in [0.29, 0.717) is 5.92 Å². The van der Waals surface area contributed by atoms with Crippen molar-refractivity contribution in [3.63, 3.8) is 0 Å². The molecule has 10 rings (SSSR count). The van der Waals surface area contributed by atoms with Gasteiger partial charge in [-0.2, -0.15) is 0 Å². The lowest BCUT2D eigenvalue weighted by Crippen LogP contribution is -2.03. The van der Waals surface area contributed by atoms with Crippen LogP contribution in [0.25, 0.3) is 90.0 Å². The Bertz CT molecular complexity index is 3220. The van der Waals surface area contributed by atoms with Crippen LogP contribution < -0.4 is 0 Å². The molecule has 4 heteroatoms. The zero-order valence-electron chi connectivity index (χ0n) is 37.4. The molecule has 63 heavy (non-hydrogen) atoms. The average Bonchev–Trinajstić information content (AvgIpc) is 3.93. The van der Waals surface area contributed by atoms with Crippen LogP contribution in [0.3, 0.4) is 0 Å². The minimum absolute atomic E-state index is 0.523. The second-order valence-electron chi connectivity index (χ2n) is 16.4. The van der Waals surface area contributed by atoms with Crippen LogP contribution >= 0.6 is 0 Å². The molecule has 0 spiro atoms. The maximum absolute atomic E-state index is 5.11. The Balaban J connectivity index is 0.00000249. The molecular formula is C59H56N4. The monoisotopic (exact) mass is 820 g/mol. The van der Waals surface area contributed by atoms with Gasteiger partial charge in [0, 0.05) is 61.8 Å². The molecule has 0 aliphatic heterocycles. The molecule has 2 aliphatic carbocycles. The molecular weight excluding hydrogens is 765 g/mol. The van der Waals surface area contributed by atoms with E-state index in [4.69, 9.17) is 4.98 Å². The van der Waals surface area contributed by atoms with Crippen molar-refractivity contribution in [2.75, 3.05) is 0 Å². The molecule has 4 aromatic heterocycles. The molecule has 4 nitrogen and oxygen atoms in total. The van der Waals surface area contributed by atoms with E-state index in [0.717, 1.165) is 70.1 Å². The van der Waals surface area contributed by atoms with Crippen LogP contribution in [0.5, 0.6) is 0 Å². The highest BCUT2D eigenvalue weighted by molar-refractivity contribution is 6.23. The van der Waals surface area contributed by atoms with Crippen LogP contribution in [0.15, 0.2) is 171 Å². The fraction of sp³-hybridized carbons (Fsp3) is 0.169. The second kappa shape index (κ2) is 17.7. The highest BCUT2D eigenvalue weighted by Gasteiger charge is 2.29. The van der Waals surface area contributed by atoms with Crippen LogP contribution in [0, 0.1) is 19.8 Å². The van der Waals surface area contributed by atoms with Crippen LogP contribution in [0.4, 0.5) is 0 Å². The zero-order chi connectivity index (χ0) is 43.6. The zero-order valence-corrected chi connectivity index (χ0v) is 37.4.